The van der Waals surface area contributed by atoms with E-state index < -0.39 is 39.0 Å². The van der Waals surface area contributed by atoms with Crippen LogP contribution in [0.4, 0.5) is 20.2 Å². The van der Waals surface area contributed by atoms with Gasteiger partial charge in [-0.1, -0.05) is 0 Å². The summed E-state index contributed by atoms with van der Waals surface area (Å²) < 4.78 is 29.8. The van der Waals surface area contributed by atoms with E-state index >= 15 is 0 Å². The Labute approximate surface area is 125 Å². The number of nitro benzene ring substituents is 1. The summed E-state index contributed by atoms with van der Waals surface area (Å²) in [6.07, 6.45) is 2.03. The number of hydrogen-bond donors (Lipinski definition) is 0. The molecule has 0 radical (unpaired) electrons. The average Bonchev–Trinajstić information content (AvgIpc) is 2.46. The molecule has 0 atom stereocenters. The maximum absolute atomic E-state index is 12.3. The molecule has 120 valence electrons. The predicted octanol–water partition coefficient (Wildman–Crippen LogP) is 2.26. The molecule has 0 aliphatic carbocycles. The van der Waals surface area contributed by atoms with Crippen LogP contribution in [0.1, 0.15) is 0 Å². The Morgan fingerprint density at radius 1 is 1.09 bits per heavy atom. The molecule has 2 aromatic rings. The molecule has 1 aromatic carbocycles. The van der Waals surface area contributed by atoms with Crippen LogP contribution < -0.4 is 10.2 Å². The third kappa shape index (κ3) is 3.45. The molecule has 0 bridgehead atoms. The lowest BCUT2D eigenvalue weighted by molar-refractivity contribution is -0.386. The standard InChI is InChI=1S/C12H7F2N3O6/c13-12(14)23-11-5-7(1-2-8(11)16(19)20)15-4-3-10(18)9(6-15)17(21)22/h1-6,12H. The largest absolute Gasteiger partial charge is 0.427 e. The summed E-state index contributed by atoms with van der Waals surface area (Å²) >= 11 is 0. The SMILES string of the molecule is O=c1ccn(-c2ccc([N+](=O)[O-])c(OC(F)F)c2)cc1[N+](=O)[O-]. The number of nitrogens with zero attached hydrogens (tertiary/aromatic N) is 3. The third-order valence-electron chi connectivity index (χ3n) is 2.75. The highest BCUT2D eigenvalue weighted by Crippen LogP contribution is 2.30. The molecule has 0 spiro atoms. The van der Waals surface area contributed by atoms with Crippen molar-refractivity contribution >= 4 is 11.4 Å². The zero-order valence-corrected chi connectivity index (χ0v) is 11.1. The van der Waals surface area contributed by atoms with E-state index in [1.807, 2.05) is 0 Å². The van der Waals surface area contributed by atoms with Gasteiger partial charge in [-0.05, 0) is 6.07 Å². The van der Waals surface area contributed by atoms with Crippen molar-refractivity contribution in [1.29, 1.82) is 0 Å². The lowest BCUT2D eigenvalue weighted by Crippen LogP contribution is -2.10. The van der Waals surface area contributed by atoms with Gasteiger partial charge in [0, 0.05) is 30.1 Å². The lowest BCUT2D eigenvalue weighted by Gasteiger charge is -2.09. The number of aromatic nitrogens is 1. The minimum absolute atomic E-state index is 0.0642. The van der Waals surface area contributed by atoms with E-state index in [0.29, 0.717) is 0 Å². The van der Waals surface area contributed by atoms with E-state index in [1.54, 1.807) is 0 Å². The zero-order chi connectivity index (χ0) is 17.1. The topological polar surface area (TPSA) is 118 Å². The van der Waals surface area contributed by atoms with Crippen LogP contribution in [0.3, 0.4) is 0 Å². The van der Waals surface area contributed by atoms with Crippen molar-refractivity contribution < 1.29 is 23.4 Å². The molecule has 1 aromatic heterocycles. The second-order valence-electron chi connectivity index (χ2n) is 4.15. The molecular formula is C12H7F2N3O6. The van der Waals surface area contributed by atoms with Gasteiger partial charge in [-0.25, -0.2) is 0 Å². The molecule has 0 saturated heterocycles. The van der Waals surface area contributed by atoms with Crippen LogP contribution in [-0.2, 0) is 0 Å². The van der Waals surface area contributed by atoms with Gasteiger partial charge in [-0.2, -0.15) is 8.78 Å². The number of benzene rings is 1. The Kier molecular flexibility index (Phi) is 4.30. The first-order valence-electron chi connectivity index (χ1n) is 5.90. The van der Waals surface area contributed by atoms with Crippen LogP contribution >= 0.6 is 0 Å². The molecular weight excluding hydrogens is 320 g/mol. The Bertz CT molecular complexity index is 836. The fraction of sp³-hybridized carbons (Fsp3) is 0.0833. The van der Waals surface area contributed by atoms with E-state index in [4.69, 9.17) is 0 Å². The van der Waals surface area contributed by atoms with Crippen LogP contribution in [-0.4, -0.2) is 21.0 Å². The highest BCUT2D eigenvalue weighted by Gasteiger charge is 2.20. The van der Waals surface area contributed by atoms with Crippen molar-refractivity contribution in [1.82, 2.24) is 4.57 Å². The van der Waals surface area contributed by atoms with Crippen molar-refractivity contribution in [2.24, 2.45) is 0 Å². The summed E-state index contributed by atoms with van der Waals surface area (Å²) in [6, 6.07) is 3.91. The summed E-state index contributed by atoms with van der Waals surface area (Å²) in [5.74, 6) is -0.705. The molecule has 1 heterocycles. The number of ether oxygens (including phenoxy) is 1. The fourth-order valence-corrected chi connectivity index (χ4v) is 1.77. The molecule has 0 saturated carbocycles. The molecule has 0 fully saturated rings. The van der Waals surface area contributed by atoms with Gasteiger partial charge < -0.3 is 9.30 Å². The van der Waals surface area contributed by atoms with Crippen LogP contribution in [0.15, 0.2) is 41.5 Å². The molecule has 0 amide bonds. The van der Waals surface area contributed by atoms with E-state index in [-0.39, 0.29) is 5.69 Å². The Hall–Kier alpha value is -3.37. The van der Waals surface area contributed by atoms with E-state index in [2.05, 4.69) is 4.74 Å². The molecule has 0 aliphatic rings. The molecule has 2 rings (SSSR count). The van der Waals surface area contributed by atoms with Crippen LogP contribution in [0.2, 0.25) is 0 Å². The predicted molar refractivity (Wildman–Crippen MR) is 72.0 cm³/mol. The number of halogens is 2. The van der Waals surface area contributed by atoms with Crippen molar-refractivity contribution in [3.63, 3.8) is 0 Å². The first-order valence-corrected chi connectivity index (χ1v) is 5.90. The third-order valence-corrected chi connectivity index (χ3v) is 2.75. The lowest BCUT2D eigenvalue weighted by atomic mass is 10.2. The van der Waals surface area contributed by atoms with Crippen LogP contribution in [0.5, 0.6) is 5.75 Å². The van der Waals surface area contributed by atoms with Gasteiger partial charge >= 0.3 is 18.0 Å². The number of hydrogen-bond acceptors (Lipinski definition) is 6. The highest BCUT2D eigenvalue weighted by molar-refractivity contribution is 5.53. The van der Waals surface area contributed by atoms with Gasteiger partial charge in [-0.3, -0.25) is 25.0 Å². The Morgan fingerprint density at radius 3 is 2.30 bits per heavy atom. The van der Waals surface area contributed by atoms with Gasteiger partial charge in [0.1, 0.15) is 0 Å². The van der Waals surface area contributed by atoms with Crippen molar-refractivity contribution in [2.75, 3.05) is 0 Å². The van der Waals surface area contributed by atoms with E-state index in [9.17, 15) is 33.8 Å². The van der Waals surface area contributed by atoms with E-state index in [0.717, 1.165) is 35.2 Å². The summed E-state index contributed by atoms with van der Waals surface area (Å²) in [5.41, 5.74) is -2.20. The first-order chi connectivity index (χ1) is 10.8. The molecule has 0 unspecified atom stereocenters. The second-order valence-corrected chi connectivity index (χ2v) is 4.15. The molecule has 23 heavy (non-hydrogen) atoms. The quantitative estimate of drug-likeness (QED) is 0.614. The number of rotatable bonds is 5. The van der Waals surface area contributed by atoms with Crippen molar-refractivity contribution in [3.05, 3.63) is 67.1 Å². The molecule has 0 N–H and O–H groups in total. The van der Waals surface area contributed by atoms with Gasteiger partial charge in [0.2, 0.25) is 5.75 Å². The minimum atomic E-state index is -3.28. The van der Waals surface area contributed by atoms with Crippen LogP contribution in [0.25, 0.3) is 5.69 Å². The summed E-state index contributed by atoms with van der Waals surface area (Å²) in [6.45, 7) is -3.28. The fourth-order valence-electron chi connectivity index (χ4n) is 1.77. The highest BCUT2D eigenvalue weighted by atomic mass is 19.3. The van der Waals surface area contributed by atoms with Crippen molar-refractivity contribution in [3.8, 4) is 11.4 Å². The first kappa shape index (κ1) is 16.0. The second kappa shape index (κ2) is 6.17. The molecule has 11 heteroatoms. The van der Waals surface area contributed by atoms with E-state index in [1.165, 1.54) is 6.07 Å². The van der Waals surface area contributed by atoms with Gasteiger partial charge in [0.15, 0.2) is 0 Å². The summed E-state index contributed by atoms with van der Waals surface area (Å²) in [4.78, 5) is 31.0. The summed E-state index contributed by atoms with van der Waals surface area (Å²) in [7, 11) is 0. The Balaban J connectivity index is 2.56. The van der Waals surface area contributed by atoms with Crippen molar-refractivity contribution in [2.45, 2.75) is 6.61 Å². The zero-order valence-electron chi connectivity index (χ0n) is 11.1. The smallest absolute Gasteiger partial charge is 0.387 e. The normalized spacial score (nSPS) is 10.6. The van der Waals surface area contributed by atoms with Crippen LogP contribution in [0, 0.1) is 20.2 Å². The summed E-state index contributed by atoms with van der Waals surface area (Å²) in [5, 5.41) is 21.5. The Morgan fingerprint density at radius 2 is 1.74 bits per heavy atom. The van der Waals surface area contributed by atoms with Gasteiger partial charge in [0.05, 0.1) is 16.0 Å². The molecule has 9 nitrogen and oxygen atoms in total. The average molecular weight is 327 g/mol. The molecule has 0 aliphatic heterocycles. The number of alkyl halides is 2. The van der Waals surface area contributed by atoms with Gasteiger partial charge in [0.25, 0.3) is 5.43 Å². The maximum atomic E-state index is 12.3. The maximum Gasteiger partial charge on any atom is 0.387 e. The number of pyridine rings is 1. The monoisotopic (exact) mass is 327 g/mol. The minimum Gasteiger partial charge on any atom is -0.427 e. The van der Waals surface area contributed by atoms with Gasteiger partial charge in [-0.15, -0.1) is 0 Å². The number of nitro groups is 2.